The Hall–Kier alpha value is -0.790. The lowest BCUT2D eigenvalue weighted by Crippen LogP contribution is -2.34. The van der Waals surface area contributed by atoms with Gasteiger partial charge in [-0.25, -0.2) is 4.98 Å². The average molecular weight is 363 g/mol. The summed E-state index contributed by atoms with van der Waals surface area (Å²) in [5.74, 6) is 0.762. The van der Waals surface area contributed by atoms with Gasteiger partial charge in [0.05, 0.1) is 6.33 Å². The van der Waals surface area contributed by atoms with E-state index in [9.17, 15) is 0 Å². The van der Waals surface area contributed by atoms with E-state index in [0.29, 0.717) is 0 Å². The van der Waals surface area contributed by atoms with Crippen LogP contribution in [0, 0.1) is 5.92 Å². The van der Waals surface area contributed by atoms with Crippen LogP contribution in [0.5, 0.6) is 0 Å². The van der Waals surface area contributed by atoms with Crippen LogP contribution in [0.2, 0.25) is 0 Å². The Morgan fingerprint density at radius 2 is 1.19 bits per heavy atom. The number of nitrogens with zero attached hydrogens (tertiary/aromatic N) is 2. The molecule has 0 radical (unpaired) electrons. The van der Waals surface area contributed by atoms with E-state index in [2.05, 4.69) is 43.4 Å². The molecule has 2 heteroatoms. The van der Waals surface area contributed by atoms with Gasteiger partial charge in [0.25, 0.3) is 0 Å². The molecule has 0 saturated carbocycles. The maximum Gasteiger partial charge on any atom is 0.0951 e. The molecule has 0 N–H and O–H groups in total. The Kier molecular flexibility index (Phi) is 12.8. The van der Waals surface area contributed by atoms with E-state index in [1.165, 1.54) is 96.3 Å². The first-order valence-corrected chi connectivity index (χ1v) is 11.6. The molecule has 1 aromatic rings. The zero-order valence-corrected chi connectivity index (χ0v) is 18.3. The van der Waals surface area contributed by atoms with E-state index in [4.69, 9.17) is 0 Å². The second-order valence-electron chi connectivity index (χ2n) is 8.79. The molecular formula is C24H46N2. The molecule has 0 saturated heterocycles. The Bertz CT molecular complexity index is 408. The molecule has 0 bridgehead atoms. The first-order chi connectivity index (χ1) is 12.6. The van der Waals surface area contributed by atoms with Crippen LogP contribution in [0.1, 0.15) is 124 Å². The maximum atomic E-state index is 4.29. The molecule has 0 aromatic carbocycles. The Morgan fingerprint density at radius 3 is 1.65 bits per heavy atom. The summed E-state index contributed by atoms with van der Waals surface area (Å²) in [5, 5.41) is 0. The monoisotopic (exact) mass is 362 g/mol. The number of imidazole rings is 1. The highest BCUT2D eigenvalue weighted by molar-refractivity contribution is 4.90. The molecule has 1 heterocycles. The van der Waals surface area contributed by atoms with Crippen molar-refractivity contribution in [3.63, 3.8) is 0 Å². The van der Waals surface area contributed by atoms with E-state index in [1.54, 1.807) is 0 Å². The predicted octanol–water partition coefficient (Wildman–Crippen LogP) is 8.13. The van der Waals surface area contributed by atoms with Gasteiger partial charge in [0, 0.05) is 17.9 Å². The van der Waals surface area contributed by atoms with Crippen LogP contribution < -0.4 is 0 Å². The highest BCUT2D eigenvalue weighted by Gasteiger charge is 2.29. The summed E-state index contributed by atoms with van der Waals surface area (Å²) in [6.07, 6.45) is 27.1. The van der Waals surface area contributed by atoms with E-state index in [1.807, 2.05) is 12.5 Å². The molecular weight excluding hydrogens is 316 g/mol. The lowest BCUT2D eigenvalue weighted by molar-refractivity contribution is 0.181. The summed E-state index contributed by atoms with van der Waals surface area (Å²) in [4.78, 5) is 4.29. The summed E-state index contributed by atoms with van der Waals surface area (Å²) in [7, 11) is 0. The van der Waals surface area contributed by atoms with Gasteiger partial charge in [0.1, 0.15) is 0 Å². The first kappa shape index (κ1) is 23.2. The topological polar surface area (TPSA) is 17.8 Å². The average Bonchev–Trinajstić information content (AvgIpc) is 3.17. The molecule has 2 nitrogen and oxygen atoms in total. The lowest BCUT2D eigenvalue weighted by atomic mass is 9.79. The molecule has 0 fully saturated rings. The zero-order valence-electron chi connectivity index (χ0n) is 18.3. The number of hydrogen-bond donors (Lipinski definition) is 0. The van der Waals surface area contributed by atoms with Crippen LogP contribution in [0.3, 0.4) is 0 Å². The van der Waals surface area contributed by atoms with Crippen LogP contribution in [0.15, 0.2) is 18.7 Å². The molecule has 1 rings (SSSR count). The third kappa shape index (κ3) is 9.24. The third-order valence-corrected chi connectivity index (χ3v) is 6.23. The van der Waals surface area contributed by atoms with Crippen molar-refractivity contribution in [3.05, 3.63) is 18.7 Å². The van der Waals surface area contributed by atoms with Crippen molar-refractivity contribution >= 4 is 0 Å². The fraction of sp³-hybridized carbons (Fsp3) is 0.875. The van der Waals surface area contributed by atoms with Crippen LogP contribution in [-0.2, 0) is 5.54 Å². The van der Waals surface area contributed by atoms with Gasteiger partial charge in [0.15, 0.2) is 0 Å². The van der Waals surface area contributed by atoms with Crippen LogP contribution in [0.4, 0.5) is 0 Å². The highest BCUT2D eigenvalue weighted by atomic mass is 15.1. The Labute approximate surface area is 164 Å². The van der Waals surface area contributed by atoms with Gasteiger partial charge in [-0.3, -0.25) is 0 Å². The fourth-order valence-corrected chi connectivity index (χ4v) is 4.18. The van der Waals surface area contributed by atoms with Gasteiger partial charge in [-0.2, -0.15) is 0 Å². The van der Waals surface area contributed by atoms with Crippen molar-refractivity contribution in [2.45, 2.75) is 130 Å². The molecule has 152 valence electrons. The molecule has 26 heavy (non-hydrogen) atoms. The van der Waals surface area contributed by atoms with Crippen molar-refractivity contribution < 1.29 is 0 Å². The van der Waals surface area contributed by atoms with Gasteiger partial charge in [-0.15, -0.1) is 0 Å². The molecule has 0 aliphatic rings. The summed E-state index contributed by atoms with van der Waals surface area (Å²) in [5.41, 5.74) is 0.183. The molecule has 0 spiro atoms. The second-order valence-corrected chi connectivity index (χ2v) is 8.79. The number of aromatic nitrogens is 2. The third-order valence-electron chi connectivity index (χ3n) is 6.23. The quantitative estimate of drug-likeness (QED) is 0.256. The standard InChI is InChI=1S/C24H46N2/c1-5-7-9-11-12-13-14-15-17-19-23(18-16-10-8-6-2)24(3,4)26-21-20-25-22-26/h20-23H,5-19H2,1-4H3/t23-/m0/s1. The molecule has 0 unspecified atom stereocenters. The van der Waals surface area contributed by atoms with E-state index in [0.717, 1.165) is 5.92 Å². The Balaban J connectivity index is 2.33. The van der Waals surface area contributed by atoms with Gasteiger partial charge in [0.2, 0.25) is 0 Å². The molecule has 1 atom stereocenters. The van der Waals surface area contributed by atoms with Crippen molar-refractivity contribution in [2.24, 2.45) is 5.92 Å². The Morgan fingerprint density at radius 1 is 0.731 bits per heavy atom. The van der Waals surface area contributed by atoms with Crippen molar-refractivity contribution in [1.29, 1.82) is 0 Å². The molecule has 0 aliphatic heterocycles. The molecule has 0 aliphatic carbocycles. The van der Waals surface area contributed by atoms with Crippen molar-refractivity contribution in [2.75, 3.05) is 0 Å². The fourth-order valence-electron chi connectivity index (χ4n) is 4.18. The molecule has 0 amide bonds. The highest BCUT2D eigenvalue weighted by Crippen LogP contribution is 2.34. The maximum absolute atomic E-state index is 4.29. The number of hydrogen-bond acceptors (Lipinski definition) is 1. The van der Waals surface area contributed by atoms with E-state index < -0.39 is 0 Å². The largest absolute Gasteiger partial charge is 0.332 e. The minimum absolute atomic E-state index is 0.183. The van der Waals surface area contributed by atoms with Gasteiger partial charge in [-0.05, 0) is 32.6 Å². The van der Waals surface area contributed by atoms with E-state index >= 15 is 0 Å². The zero-order chi connectivity index (χ0) is 19.1. The first-order valence-electron chi connectivity index (χ1n) is 11.6. The van der Waals surface area contributed by atoms with E-state index in [-0.39, 0.29) is 5.54 Å². The van der Waals surface area contributed by atoms with Crippen molar-refractivity contribution in [3.8, 4) is 0 Å². The summed E-state index contributed by atoms with van der Waals surface area (Å²) in [6.45, 7) is 9.42. The van der Waals surface area contributed by atoms with Crippen LogP contribution in [-0.4, -0.2) is 9.55 Å². The normalized spacial score (nSPS) is 13.2. The summed E-state index contributed by atoms with van der Waals surface area (Å²) < 4.78 is 2.34. The molecule has 1 aromatic heterocycles. The van der Waals surface area contributed by atoms with Gasteiger partial charge in [-0.1, -0.05) is 97.3 Å². The number of rotatable bonds is 17. The van der Waals surface area contributed by atoms with Crippen LogP contribution >= 0.6 is 0 Å². The minimum atomic E-state index is 0.183. The van der Waals surface area contributed by atoms with Crippen LogP contribution in [0.25, 0.3) is 0 Å². The number of unbranched alkanes of at least 4 members (excludes halogenated alkanes) is 11. The summed E-state index contributed by atoms with van der Waals surface area (Å²) in [6, 6.07) is 0. The minimum Gasteiger partial charge on any atom is -0.332 e. The van der Waals surface area contributed by atoms with Gasteiger partial charge < -0.3 is 4.57 Å². The second kappa shape index (κ2) is 14.3. The predicted molar refractivity (Wildman–Crippen MR) is 116 cm³/mol. The lowest BCUT2D eigenvalue weighted by Gasteiger charge is -2.36. The summed E-state index contributed by atoms with van der Waals surface area (Å²) >= 11 is 0. The smallest absolute Gasteiger partial charge is 0.0951 e. The van der Waals surface area contributed by atoms with Gasteiger partial charge >= 0.3 is 0 Å². The van der Waals surface area contributed by atoms with Crippen molar-refractivity contribution in [1.82, 2.24) is 9.55 Å². The SMILES string of the molecule is CCCCCCCCCCC[C@H](CCCCCC)C(C)(C)n1ccnc1.